The highest BCUT2D eigenvalue weighted by atomic mass is 32.1. The Kier molecular flexibility index (Phi) is 5.51. The quantitative estimate of drug-likeness (QED) is 0.575. The van der Waals surface area contributed by atoms with E-state index in [1.165, 1.54) is 12.8 Å². The van der Waals surface area contributed by atoms with Crippen molar-refractivity contribution in [3.05, 3.63) is 46.4 Å². The van der Waals surface area contributed by atoms with Crippen LogP contribution in [0.3, 0.4) is 0 Å². The summed E-state index contributed by atoms with van der Waals surface area (Å²) in [6.07, 6.45) is 4.10. The molecule has 8 nitrogen and oxygen atoms in total. The topological polar surface area (TPSA) is 87.5 Å². The van der Waals surface area contributed by atoms with Crippen molar-refractivity contribution < 1.29 is 19.0 Å². The van der Waals surface area contributed by atoms with Gasteiger partial charge in [-0.2, -0.15) is 5.10 Å². The fourth-order valence-electron chi connectivity index (χ4n) is 4.29. The van der Waals surface area contributed by atoms with E-state index in [4.69, 9.17) is 14.2 Å². The van der Waals surface area contributed by atoms with E-state index in [0.29, 0.717) is 31.2 Å². The van der Waals surface area contributed by atoms with Gasteiger partial charge in [0.2, 0.25) is 5.88 Å². The summed E-state index contributed by atoms with van der Waals surface area (Å²) < 4.78 is 19.5. The lowest BCUT2D eigenvalue weighted by Crippen LogP contribution is -2.42. The predicted molar refractivity (Wildman–Crippen MR) is 123 cm³/mol. The Balaban J connectivity index is 1.07. The third kappa shape index (κ3) is 4.60. The molecule has 0 radical (unpaired) electrons. The van der Waals surface area contributed by atoms with Gasteiger partial charge in [-0.05, 0) is 48.9 Å². The number of carbonyl (C=O) groups excluding carboxylic acids is 1. The Morgan fingerprint density at radius 1 is 1.24 bits per heavy atom. The third-order valence-corrected chi connectivity index (χ3v) is 6.90. The lowest BCUT2D eigenvalue weighted by atomic mass is 9.99. The summed E-state index contributed by atoms with van der Waals surface area (Å²) in [5.74, 6) is 2.02. The van der Waals surface area contributed by atoms with Crippen LogP contribution in [0.25, 0.3) is 11.3 Å². The molecule has 1 amide bonds. The normalized spacial score (nSPS) is 21.5. The van der Waals surface area contributed by atoms with Gasteiger partial charge in [-0.15, -0.1) is 11.3 Å². The molecule has 2 atom stereocenters. The summed E-state index contributed by atoms with van der Waals surface area (Å²) in [5.41, 5.74) is 5.27. The number of nitrogens with zero attached hydrogens (tertiary/aromatic N) is 3. The largest absolute Gasteiger partial charge is 0.491 e. The molecule has 1 unspecified atom stereocenters. The SMILES string of the molecule is O=C(N[C@H]1COc2ccc(-c3cscn3)cc2C1)c1cc2n(n1)CCC(COCC1CC1)O2. The van der Waals surface area contributed by atoms with Gasteiger partial charge in [0.15, 0.2) is 5.69 Å². The molecule has 1 N–H and O–H groups in total. The minimum absolute atomic E-state index is 0.0130. The summed E-state index contributed by atoms with van der Waals surface area (Å²) >= 11 is 1.57. The number of hydrogen-bond donors (Lipinski definition) is 1. The zero-order valence-electron chi connectivity index (χ0n) is 18.2. The van der Waals surface area contributed by atoms with Gasteiger partial charge in [-0.25, -0.2) is 9.67 Å². The zero-order chi connectivity index (χ0) is 22.2. The van der Waals surface area contributed by atoms with Crippen LogP contribution in [-0.4, -0.2) is 52.6 Å². The standard InChI is InChI=1S/C24H26N4O4S/c29-24(20-9-23-28(27-20)6-5-19(32-23)12-30-10-15-1-2-15)26-18-8-17-7-16(21-13-33-14-25-21)3-4-22(17)31-11-18/h3-4,7,9,13-15,18-19H,1-2,5-6,8,10-12H2,(H,26,29)/t18-,19?/m1/s1. The molecule has 33 heavy (non-hydrogen) atoms. The molecular weight excluding hydrogens is 440 g/mol. The zero-order valence-corrected chi connectivity index (χ0v) is 19.1. The van der Waals surface area contributed by atoms with Crippen molar-refractivity contribution in [1.29, 1.82) is 0 Å². The number of aryl methyl sites for hydroxylation is 1. The predicted octanol–water partition coefficient (Wildman–Crippen LogP) is 3.32. The molecule has 4 heterocycles. The van der Waals surface area contributed by atoms with Gasteiger partial charge in [-0.3, -0.25) is 4.79 Å². The highest BCUT2D eigenvalue weighted by Crippen LogP contribution is 2.31. The Bertz CT molecular complexity index is 1140. The molecule has 3 aliphatic rings. The van der Waals surface area contributed by atoms with Crippen LogP contribution in [0.4, 0.5) is 0 Å². The molecule has 2 aliphatic heterocycles. The van der Waals surface area contributed by atoms with Crippen molar-refractivity contribution >= 4 is 17.2 Å². The van der Waals surface area contributed by atoms with Crippen LogP contribution in [0, 0.1) is 5.92 Å². The van der Waals surface area contributed by atoms with E-state index in [0.717, 1.165) is 48.1 Å². The maximum absolute atomic E-state index is 12.9. The average molecular weight is 467 g/mol. The number of rotatable bonds is 7. The number of carbonyl (C=O) groups is 1. The number of amides is 1. The summed E-state index contributed by atoms with van der Waals surface area (Å²) in [5, 5.41) is 9.55. The molecular formula is C24H26N4O4S. The van der Waals surface area contributed by atoms with Gasteiger partial charge < -0.3 is 19.5 Å². The molecule has 6 rings (SSSR count). The van der Waals surface area contributed by atoms with Crippen molar-refractivity contribution in [3.63, 3.8) is 0 Å². The summed E-state index contributed by atoms with van der Waals surface area (Å²) in [4.78, 5) is 17.3. The number of hydrogen-bond acceptors (Lipinski definition) is 7. The highest BCUT2D eigenvalue weighted by molar-refractivity contribution is 7.07. The van der Waals surface area contributed by atoms with Crippen LogP contribution in [0.15, 0.2) is 35.2 Å². The van der Waals surface area contributed by atoms with E-state index >= 15 is 0 Å². The van der Waals surface area contributed by atoms with E-state index in [9.17, 15) is 4.79 Å². The van der Waals surface area contributed by atoms with E-state index < -0.39 is 0 Å². The van der Waals surface area contributed by atoms with Gasteiger partial charge in [0.1, 0.15) is 18.5 Å². The molecule has 1 fully saturated rings. The molecule has 9 heteroatoms. The molecule has 0 saturated heterocycles. The van der Waals surface area contributed by atoms with Crippen LogP contribution in [0.5, 0.6) is 11.6 Å². The lowest BCUT2D eigenvalue weighted by molar-refractivity contribution is 0.0221. The van der Waals surface area contributed by atoms with Gasteiger partial charge in [0.05, 0.1) is 23.9 Å². The Morgan fingerprint density at radius 3 is 3.03 bits per heavy atom. The second kappa shape index (κ2) is 8.79. The summed E-state index contributed by atoms with van der Waals surface area (Å²) in [6, 6.07) is 7.69. The van der Waals surface area contributed by atoms with Gasteiger partial charge in [-0.1, -0.05) is 0 Å². The first kappa shape index (κ1) is 20.7. The van der Waals surface area contributed by atoms with Crippen molar-refractivity contribution in [2.45, 2.75) is 44.4 Å². The molecule has 2 aromatic heterocycles. The van der Waals surface area contributed by atoms with Crippen molar-refractivity contribution in [2.24, 2.45) is 5.92 Å². The maximum atomic E-state index is 12.9. The molecule has 172 valence electrons. The number of thiazole rings is 1. The minimum atomic E-state index is -0.213. The minimum Gasteiger partial charge on any atom is -0.491 e. The first-order valence-electron chi connectivity index (χ1n) is 11.5. The van der Waals surface area contributed by atoms with Crippen LogP contribution in [0.1, 0.15) is 35.3 Å². The first-order valence-corrected chi connectivity index (χ1v) is 12.4. The number of aromatic nitrogens is 3. The van der Waals surface area contributed by atoms with E-state index in [1.54, 1.807) is 22.1 Å². The average Bonchev–Trinajstić information content (AvgIpc) is 3.31. The molecule has 0 bridgehead atoms. The van der Waals surface area contributed by atoms with Crippen LogP contribution in [0.2, 0.25) is 0 Å². The number of fused-ring (bicyclic) bond motifs is 2. The van der Waals surface area contributed by atoms with Crippen LogP contribution >= 0.6 is 11.3 Å². The van der Waals surface area contributed by atoms with E-state index in [2.05, 4.69) is 21.5 Å². The maximum Gasteiger partial charge on any atom is 0.272 e. The third-order valence-electron chi connectivity index (χ3n) is 6.31. The number of ether oxygens (including phenoxy) is 3. The van der Waals surface area contributed by atoms with Crippen LogP contribution < -0.4 is 14.8 Å². The second-order valence-electron chi connectivity index (χ2n) is 8.98. The number of nitrogens with one attached hydrogen (secondary N) is 1. The lowest BCUT2D eigenvalue weighted by Gasteiger charge is -2.26. The van der Waals surface area contributed by atoms with Gasteiger partial charge >= 0.3 is 0 Å². The van der Waals surface area contributed by atoms with Gasteiger partial charge in [0.25, 0.3) is 5.91 Å². The summed E-state index contributed by atoms with van der Waals surface area (Å²) in [6.45, 7) is 2.56. The fraction of sp³-hybridized carbons (Fsp3) is 0.458. The van der Waals surface area contributed by atoms with E-state index in [1.807, 2.05) is 23.0 Å². The molecule has 1 saturated carbocycles. The molecule has 1 aromatic carbocycles. The molecule has 1 aliphatic carbocycles. The van der Waals surface area contributed by atoms with Gasteiger partial charge in [0, 0.05) is 36.6 Å². The Labute approximate surface area is 195 Å². The van der Waals surface area contributed by atoms with Crippen LogP contribution in [-0.2, 0) is 17.7 Å². The molecule has 3 aromatic rings. The monoisotopic (exact) mass is 466 g/mol. The van der Waals surface area contributed by atoms with E-state index in [-0.39, 0.29) is 18.1 Å². The van der Waals surface area contributed by atoms with Crippen molar-refractivity contribution in [1.82, 2.24) is 20.1 Å². The highest BCUT2D eigenvalue weighted by Gasteiger charge is 2.28. The smallest absolute Gasteiger partial charge is 0.272 e. The second-order valence-corrected chi connectivity index (χ2v) is 9.70. The van der Waals surface area contributed by atoms with Crippen molar-refractivity contribution in [3.8, 4) is 22.9 Å². The molecule has 0 spiro atoms. The Hall–Kier alpha value is -2.91. The first-order chi connectivity index (χ1) is 16.2. The summed E-state index contributed by atoms with van der Waals surface area (Å²) in [7, 11) is 0. The number of benzene rings is 1. The van der Waals surface area contributed by atoms with Crippen molar-refractivity contribution in [2.75, 3.05) is 19.8 Å². The Morgan fingerprint density at radius 2 is 2.18 bits per heavy atom. The fourth-order valence-corrected chi connectivity index (χ4v) is 4.85.